The van der Waals surface area contributed by atoms with Crippen LogP contribution in [0.3, 0.4) is 0 Å². The van der Waals surface area contributed by atoms with Gasteiger partial charge in [-0.1, -0.05) is 23.9 Å². The molecular formula is C20H20F2N4OS. The topological polar surface area (TPSA) is 51.0 Å². The fourth-order valence-corrected chi connectivity index (χ4v) is 3.45. The molecule has 0 saturated heterocycles. The second-order valence-corrected chi connectivity index (χ2v) is 7.43. The Morgan fingerprint density at radius 3 is 2.43 bits per heavy atom. The van der Waals surface area contributed by atoms with Crippen LogP contribution in [0.15, 0.2) is 53.7 Å². The first-order valence-electron chi connectivity index (χ1n) is 8.66. The molecule has 0 spiro atoms. The lowest BCUT2D eigenvalue weighted by Gasteiger charge is -2.20. The van der Waals surface area contributed by atoms with Crippen LogP contribution in [0.4, 0.5) is 8.78 Å². The van der Waals surface area contributed by atoms with Gasteiger partial charge in [0.2, 0.25) is 0 Å². The number of carbonyl (C=O) groups is 1. The summed E-state index contributed by atoms with van der Waals surface area (Å²) < 4.78 is 29.0. The third-order valence-corrected chi connectivity index (χ3v) is 5.33. The van der Waals surface area contributed by atoms with E-state index in [9.17, 15) is 13.6 Å². The molecule has 0 aliphatic heterocycles. The average molecular weight is 402 g/mol. The predicted octanol–water partition coefficient (Wildman–Crippen LogP) is 4.14. The minimum atomic E-state index is -0.546. The van der Waals surface area contributed by atoms with Gasteiger partial charge in [-0.2, -0.15) is 0 Å². The molecule has 0 aliphatic carbocycles. The fraction of sp³-hybridized carbons (Fsp3) is 0.250. The Labute approximate surface area is 166 Å². The summed E-state index contributed by atoms with van der Waals surface area (Å²) >= 11 is 1.17. The minimum absolute atomic E-state index is 0.0105. The maximum Gasteiger partial charge on any atom is 0.196 e. The highest BCUT2D eigenvalue weighted by atomic mass is 32.2. The highest BCUT2D eigenvalue weighted by Crippen LogP contribution is 2.27. The first-order chi connectivity index (χ1) is 13.4. The number of hydrogen-bond acceptors (Lipinski definition) is 5. The Morgan fingerprint density at radius 2 is 1.79 bits per heavy atom. The molecule has 0 fully saturated rings. The summed E-state index contributed by atoms with van der Waals surface area (Å²) in [6.07, 6.45) is 0. The number of rotatable bonds is 7. The van der Waals surface area contributed by atoms with Crippen molar-refractivity contribution in [3.63, 3.8) is 0 Å². The number of thioether (sulfide) groups is 1. The molecule has 0 N–H and O–H groups in total. The van der Waals surface area contributed by atoms with Crippen LogP contribution in [-0.4, -0.2) is 45.3 Å². The largest absolute Gasteiger partial charge is 0.300 e. The van der Waals surface area contributed by atoms with Crippen LogP contribution in [0.5, 0.6) is 0 Å². The van der Waals surface area contributed by atoms with Crippen molar-refractivity contribution < 1.29 is 13.6 Å². The van der Waals surface area contributed by atoms with Crippen LogP contribution in [0.1, 0.15) is 29.1 Å². The van der Waals surface area contributed by atoms with Gasteiger partial charge in [-0.25, -0.2) is 8.78 Å². The molecule has 0 saturated carbocycles. The number of carbonyl (C=O) groups excluding carboxylic acids is 1. The van der Waals surface area contributed by atoms with E-state index in [-0.39, 0.29) is 29.0 Å². The molecule has 3 aromatic rings. The van der Waals surface area contributed by atoms with Crippen LogP contribution in [0.25, 0.3) is 5.69 Å². The standard InChI is InChI=1S/C20H20F2N4OS/c1-13(25(2)3)19-23-24-20(26(19)15-10-8-14(21)9-11-15)28-12-18(27)16-6-4-5-7-17(16)22/h4-11,13H,12H2,1-3H3/t13-/m1/s1. The molecule has 5 nitrogen and oxygen atoms in total. The van der Waals surface area contributed by atoms with Crippen LogP contribution < -0.4 is 0 Å². The number of hydrogen-bond donors (Lipinski definition) is 0. The minimum Gasteiger partial charge on any atom is -0.300 e. The maximum atomic E-state index is 13.8. The fourth-order valence-electron chi connectivity index (χ4n) is 2.60. The predicted molar refractivity (Wildman–Crippen MR) is 105 cm³/mol. The number of aromatic nitrogens is 3. The van der Waals surface area contributed by atoms with Crippen molar-refractivity contribution in [3.05, 3.63) is 71.6 Å². The van der Waals surface area contributed by atoms with Crippen LogP contribution in [0, 0.1) is 11.6 Å². The van der Waals surface area contributed by atoms with Gasteiger partial charge >= 0.3 is 0 Å². The second kappa shape index (κ2) is 8.62. The molecule has 0 aliphatic rings. The number of Topliss-reactive ketones (excluding diaryl/α,β-unsaturated/α-hetero) is 1. The molecule has 3 rings (SSSR count). The van der Waals surface area contributed by atoms with E-state index in [0.29, 0.717) is 16.7 Å². The zero-order chi connectivity index (χ0) is 20.3. The Hall–Kier alpha value is -2.58. The van der Waals surface area contributed by atoms with Crippen molar-refractivity contribution in [3.8, 4) is 5.69 Å². The second-order valence-electron chi connectivity index (χ2n) is 6.48. The Kier molecular flexibility index (Phi) is 6.21. The van der Waals surface area contributed by atoms with Gasteiger partial charge < -0.3 is 0 Å². The van der Waals surface area contributed by atoms with E-state index in [2.05, 4.69) is 10.2 Å². The van der Waals surface area contributed by atoms with Crippen molar-refractivity contribution in [1.82, 2.24) is 19.7 Å². The summed E-state index contributed by atoms with van der Waals surface area (Å²) in [5, 5.41) is 8.98. The lowest BCUT2D eigenvalue weighted by atomic mass is 10.1. The Balaban J connectivity index is 1.91. The third kappa shape index (κ3) is 4.28. The zero-order valence-corrected chi connectivity index (χ0v) is 16.6. The van der Waals surface area contributed by atoms with Crippen LogP contribution in [-0.2, 0) is 0 Å². The normalized spacial score (nSPS) is 12.4. The van der Waals surface area contributed by atoms with E-state index in [1.54, 1.807) is 28.8 Å². The van der Waals surface area contributed by atoms with Crippen LogP contribution in [0.2, 0.25) is 0 Å². The molecular weight excluding hydrogens is 382 g/mol. The number of nitrogens with zero attached hydrogens (tertiary/aromatic N) is 4. The van der Waals surface area contributed by atoms with E-state index < -0.39 is 5.82 Å². The van der Waals surface area contributed by atoms with E-state index >= 15 is 0 Å². The van der Waals surface area contributed by atoms with Gasteiger partial charge in [-0.3, -0.25) is 14.3 Å². The summed E-state index contributed by atoms with van der Waals surface area (Å²) in [6.45, 7) is 1.98. The van der Waals surface area contributed by atoms with Crippen molar-refractivity contribution in [2.75, 3.05) is 19.8 Å². The third-order valence-electron chi connectivity index (χ3n) is 4.40. The smallest absolute Gasteiger partial charge is 0.196 e. The highest BCUT2D eigenvalue weighted by Gasteiger charge is 2.22. The first kappa shape index (κ1) is 20.2. The van der Waals surface area contributed by atoms with Gasteiger partial charge in [0.1, 0.15) is 11.6 Å². The molecule has 0 unspecified atom stereocenters. The van der Waals surface area contributed by atoms with E-state index in [1.165, 1.54) is 36.0 Å². The highest BCUT2D eigenvalue weighted by molar-refractivity contribution is 7.99. The molecule has 146 valence electrons. The van der Waals surface area contributed by atoms with E-state index in [1.807, 2.05) is 25.9 Å². The molecule has 8 heteroatoms. The number of halogens is 2. The quantitative estimate of drug-likeness (QED) is 0.439. The summed E-state index contributed by atoms with van der Waals surface area (Å²) in [7, 11) is 3.84. The van der Waals surface area contributed by atoms with Gasteiger partial charge in [0.15, 0.2) is 16.8 Å². The molecule has 28 heavy (non-hydrogen) atoms. The van der Waals surface area contributed by atoms with Crippen molar-refractivity contribution in [2.24, 2.45) is 0 Å². The summed E-state index contributed by atoms with van der Waals surface area (Å²) in [5.74, 6) is -0.550. The maximum absolute atomic E-state index is 13.8. The van der Waals surface area contributed by atoms with Crippen LogP contribution >= 0.6 is 11.8 Å². The van der Waals surface area contributed by atoms with Crippen molar-refractivity contribution in [1.29, 1.82) is 0 Å². The summed E-state index contributed by atoms with van der Waals surface area (Å²) in [6, 6.07) is 11.8. The molecule has 0 bridgehead atoms. The van der Waals surface area contributed by atoms with Crippen molar-refractivity contribution >= 4 is 17.5 Å². The van der Waals surface area contributed by atoms with Gasteiger partial charge in [-0.15, -0.1) is 10.2 Å². The Bertz CT molecular complexity index is 973. The van der Waals surface area contributed by atoms with Gasteiger partial charge in [-0.05, 0) is 57.4 Å². The summed E-state index contributed by atoms with van der Waals surface area (Å²) in [5.41, 5.74) is 0.737. The summed E-state index contributed by atoms with van der Waals surface area (Å²) in [4.78, 5) is 14.4. The molecule has 2 aromatic carbocycles. The SMILES string of the molecule is C[C@H](c1nnc(SCC(=O)c2ccccc2F)n1-c1ccc(F)cc1)N(C)C. The Morgan fingerprint density at radius 1 is 1.11 bits per heavy atom. The van der Waals surface area contributed by atoms with Crippen molar-refractivity contribution in [2.45, 2.75) is 18.1 Å². The van der Waals surface area contributed by atoms with Gasteiger partial charge in [0, 0.05) is 5.69 Å². The average Bonchev–Trinajstić information content (AvgIpc) is 3.10. The van der Waals surface area contributed by atoms with E-state index in [4.69, 9.17) is 0 Å². The van der Waals surface area contributed by atoms with E-state index in [0.717, 1.165) is 0 Å². The molecule has 0 radical (unpaired) electrons. The monoisotopic (exact) mass is 402 g/mol. The van der Waals surface area contributed by atoms with Gasteiger partial charge in [0.25, 0.3) is 0 Å². The van der Waals surface area contributed by atoms with Gasteiger partial charge in [0.05, 0.1) is 17.4 Å². The number of ketones is 1. The molecule has 1 aromatic heterocycles. The lowest BCUT2D eigenvalue weighted by molar-refractivity contribution is 0.101. The molecule has 0 amide bonds. The number of benzene rings is 2. The molecule has 1 heterocycles. The first-order valence-corrected chi connectivity index (χ1v) is 9.65. The lowest BCUT2D eigenvalue weighted by Crippen LogP contribution is -2.20. The molecule has 1 atom stereocenters. The zero-order valence-electron chi connectivity index (χ0n) is 15.8.